The fourth-order valence-corrected chi connectivity index (χ4v) is 4.55. The second-order valence-corrected chi connectivity index (χ2v) is 9.67. The van der Waals surface area contributed by atoms with Crippen LogP contribution in [0.5, 0.6) is 0 Å². The molecule has 0 saturated heterocycles. The zero-order chi connectivity index (χ0) is 25.9. The lowest BCUT2D eigenvalue weighted by Gasteiger charge is -2.22. The van der Waals surface area contributed by atoms with Gasteiger partial charge >= 0.3 is 0 Å². The van der Waals surface area contributed by atoms with Crippen LogP contribution < -0.4 is 4.90 Å². The fourth-order valence-electron chi connectivity index (χ4n) is 4.40. The van der Waals surface area contributed by atoms with Crippen LogP contribution in [-0.4, -0.2) is 36.9 Å². The Morgan fingerprint density at radius 1 is 0.811 bits per heavy atom. The Kier molecular flexibility index (Phi) is 6.97. The minimum Gasteiger partial charge on any atom is -0.435 e. The van der Waals surface area contributed by atoms with Crippen molar-refractivity contribution in [2.24, 2.45) is 0 Å². The molecule has 6 heteroatoms. The number of rotatable bonds is 6. The van der Waals surface area contributed by atoms with Crippen LogP contribution in [0.4, 0.5) is 5.69 Å². The van der Waals surface area contributed by atoms with Gasteiger partial charge in [-0.15, -0.1) is 0 Å². The first-order chi connectivity index (χ1) is 17.9. The molecule has 0 N–H and O–H groups in total. The monoisotopic (exact) mass is 509 g/mol. The lowest BCUT2D eigenvalue weighted by atomic mass is 10.00. The van der Waals surface area contributed by atoms with Gasteiger partial charge in [-0.25, -0.2) is 4.98 Å². The smallest absolute Gasteiger partial charge is 0.280 e. The molecular formula is C31H28ClN3O2. The molecular weight excluding hydrogens is 482 g/mol. The largest absolute Gasteiger partial charge is 0.435 e. The van der Waals surface area contributed by atoms with Gasteiger partial charge in [0, 0.05) is 48.7 Å². The second-order valence-electron chi connectivity index (χ2n) is 9.19. The van der Waals surface area contributed by atoms with Crippen LogP contribution in [0.2, 0.25) is 0 Å². The minimum absolute atomic E-state index is 0.225. The molecule has 4 aromatic rings. The highest BCUT2D eigenvalue weighted by molar-refractivity contribution is 6.29. The van der Waals surface area contributed by atoms with Crippen LogP contribution in [-0.2, 0) is 0 Å². The quantitative estimate of drug-likeness (QED) is 0.268. The predicted molar refractivity (Wildman–Crippen MR) is 150 cm³/mol. The van der Waals surface area contributed by atoms with E-state index in [1.165, 1.54) is 0 Å². The molecule has 0 fully saturated rings. The molecule has 3 aromatic carbocycles. The Hall–Kier alpha value is -4.09. The Morgan fingerprint density at radius 2 is 1.49 bits per heavy atom. The zero-order valence-electron chi connectivity index (χ0n) is 21.1. The van der Waals surface area contributed by atoms with Gasteiger partial charge in [0.25, 0.3) is 5.91 Å². The summed E-state index contributed by atoms with van der Waals surface area (Å²) in [7, 11) is 5.75. The molecule has 1 heterocycles. The summed E-state index contributed by atoms with van der Waals surface area (Å²) in [5.41, 5.74) is 5.87. The number of nitrogens with zero attached hydrogens (tertiary/aromatic N) is 3. The van der Waals surface area contributed by atoms with Crippen LogP contribution in [0.1, 0.15) is 23.3 Å². The van der Waals surface area contributed by atoms with Crippen molar-refractivity contribution in [2.45, 2.75) is 12.8 Å². The first-order valence-corrected chi connectivity index (χ1v) is 12.6. The molecule has 37 heavy (non-hydrogen) atoms. The van der Waals surface area contributed by atoms with Gasteiger partial charge < -0.3 is 14.2 Å². The van der Waals surface area contributed by atoms with Crippen molar-refractivity contribution in [3.63, 3.8) is 0 Å². The number of aromatic nitrogens is 1. The Morgan fingerprint density at radius 3 is 2.14 bits per heavy atom. The van der Waals surface area contributed by atoms with Crippen LogP contribution in [0.3, 0.4) is 0 Å². The zero-order valence-corrected chi connectivity index (χ0v) is 21.9. The predicted octanol–water partition coefficient (Wildman–Crippen LogP) is 7.61. The summed E-state index contributed by atoms with van der Waals surface area (Å²) in [6.07, 6.45) is 5.13. The maximum atomic E-state index is 13.8. The molecule has 0 radical (unpaired) electrons. The number of carbonyl (C=O) groups is 1. The van der Waals surface area contributed by atoms with Crippen molar-refractivity contribution >= 4 is 23.2 Å². The number of hydrogen-bond acceptors (Lipinski definition) is 4. The summed E-state index contributed by atoms with van der Waals surface area (Å²) >= 11 is 6.14. The molecule has 1 aliphatic carbocycles. The lowest BCUT2D eigenvalue weighted by molar-refractivity contribution is 0.0827. The van der Waals surface area contributed by atoms with Gasteiger partial charge in [0.15, 0.2) is 11.5 Å². The van der Waals surface area contributed by atoms with Gasteiger partial charge in [-0.3, -0.25) is 4.79 Å². The van der Waals surface area contributed by atoms with E-state index in [-0.39, 0.29) is 11.6 Å². The van der Waals surface area contributed by atoms with Crippen molar-refractivity contribution < 1.29 is 9.21 Å². The summed E-state index contributed by atoms with van der Waals surface area (Å²) in [5.74, 6) is 0.630. The number of anilines is 1. The molecule has 5 rings (SSSR count). The van der Waals surface area contributed by atoms with Crippen LogP contribution in [0, 0.1) is 0 Å². The number of allylic oxidation sites excluding steroid dienone is 4. The summed E-state index contributed by atoms with van der Waals surface area (Å²) < 4.78 is 6.40. The van der Waals surface area contributed by atoms with Gasteiger partial charge in [0.05, 0.1) is 0 Å². The molecule has 186 valence electrons. The molecule has 5 nitrogen and oxygen atoms in total. The molecule has 0 saturated carbocycles. The first kappa shape index (κ1) is 24.6. The maximum absolute atomic E-state index is 13.8. The van der Waals surface area contributed by atoms with Gasteiger partial charge in [-0.05, 0) is 66.5 Å². The Bertz CT molecular complexity index is 1480. The van der Waals surface area contributed by atoms with Crippen molar-refractivity contribution in [3.05, 3.63) is 107 Å². The molecule has 0 unspecified atom stereocenters. The second kappa shape index (κ2) is 10.5. The Balaban J connectivity index is 1.62. The van der Waals surface area contributed by atoms with E-state index in [0.717, 1.165) is 38.7 Å². The summed E-state index contributed by atoms with van der Waals surface area (Å²) in [6, 6.07) is 26.0. The van der Waals surface area contributed by atoms with E-state index in [1.54, 1.807) is 11.9 Å². The number of amides is 1. The third-order valence-corrected chi connectivity index (χ3v) is 6.84. The van der Waals surface area contributed by atoms with E-state index >= 15 is 0 Å². The summed E-state index contributed by atoms with van der Waals surface area (Å²) in [4.78, 5) is 22.3. The molecule has 0 bridgehead atoms. The summed E-state index contributed by atoms with van der Waals surface area (Å²) in [5, 5.41) is 0.785. The molecule has 1 amide bonds. The van der Waals surface area contributed by atoms with E-state index < -0.39 is 0 Å². The van der Waals surface area contributed by atoms with Gasteiger partial charge in [0.1, 0.15) is 0 Å². The van der Waals surface area contributed by atoms with E-state index in [0.29, 0.717) is 24.5 Å². The van der Waals surface area contributed by atoms with E-state index in [4.69, 9.17) is 21.0 Å². The normalized spacial score (nSPS) is 13.1. The molecule has 1 aliphatic rings. The average molecular weight is 510 g/mol. The van der Waals surface area contributed by atoms with Crippen LogP contribution in [0.15, 0.2) is 106 Å². The third-order valence-electron chi connectivity index (χ3n) is 6.53. The van der Waals surface area contributed by atoms with E-state index in [1.807, 2.05) is 97.9 Å². The number of carbonyl (C=O) groups excluding carboxylic acids is 1. The van der Waals surface area contributed by atoms with Gasteiger partial charge in [-0.2, -0.15) is 0 Å². The molecule has 0 spiro atoms. The van der Waals surface area contributed by atoms with Crippen LogP contribution >= 0.6 is 11.6 Å². The number of oxazole rings is 1. The van der Waals surface area contributed by atoms with Crippen molar-refractivity contribution in [3.8, 4) is 33.9 Å². The van der Waals surface area contributed by atoms with E-state index in [9.17, 15) is 4.79 Å². The molecule has 1 aromatic heterocycles. The first-order valence-electron chi connectivity index (χ1n) is 12.2. The SMILES string of the molecule is CN(C(=O)c1nc(-c2ccccc2-c2ccccc2)oc1-c1ccc(N(C)C)cc1)C1=CC=C(Cl)CC1. The average Bonchev–Trinajstić information content (AvgIpc) is 3.38. The van der Waals surface area contributed by atoms with Crippen molar-refractivity contribution in [1.82, 2.24) is 9.88 Å². The maximum Gasteiger partial charge on any atom is 0.280 e. The molecule has 0 aliphatic heterocycles. The topological polar surface area (TPSA) is 49.6 Å². The highest BCUT2D eigenvalue weighted by Crippen LogP contribution is 2.37. The number of halogens is 1. The third kappa shape index (κ3) is 5.09. The molecule has 0 atom stereocenters. The van der Waals surface area contributed by atoms with Gasteiger partial charge in [0.2, 0.25) is 5.89 Å². The lowest BCUT2D eigenvalue weighted by Crippen LogP contribution is -2.27. The highest BCUT2D eigenvalue weighted by Gasteiger charge is 2.27. The minimum atomic E-state index is -0.225. The van der Waals surface area contributed by atoms with Gasteiger partial charge in [-0.1, -0.05) is 60.1 Å². The van der Waals surface area contributed by atoms with Crippen LogP contribution in [0.25, 0.3) is 33.9 Å². The highest BCUT2D eigenvalue weighted by atomic mass is 35.5. The Labute approximate surface area is 222 Å². The fraction of sp³-hybridized carbons (Fsp3) is 0.161. The summed E-state index contributed by atoms with van der Waals surface area (Å²) in [6.45, 7) is 0. The van der Waals surface area contributed by atoms with E-state index in [2.05, 4.69) is 12.1 Å². The van der Waals surface area contributed by atoms with Crippen molar-refractivity contribution in [1.29, 1.82) is 0 Å². The number of benzene rings is 3. The number of hydrogen-bond donors (Lipinski definition) is 0. The van der Waals surface area contributed by atoms with Crippen molar-refractivity contribution in [2.75, 3.05) is 26.0 Å². The standard InChI is InChI=1S/C31H28ClN3O2/c1-34(2)24-17-13-22(14-18-24)29-28(31(36)35(3)25-19-15-23(32)16-20-25)33-30(37-29)27-12-8-7-11-26(27)21-9-5-4-6-10-21/h4-15,17-19H,16,20H2,1-3H3.